The number of rotatable bonds is 5. The summed E-state index contributed by atoms with van der Waals surface area (Å²) in [5.74, 6) is -0.568. The van der Waals surface area contributed by atoms with Gasteiger partial charge in [0, 0.05) is 12.2 Å². The van der Waals surface area contributed by atoms with Gasteiger partial charge in [0.15, 0.2) is 0 Å². The predicted molar refractivity (Wildman–Crippen MR) is 89.3 cm³/mol. The Morgan fingerprint density at radius 1 is 1.04 bits per heavy atom. The van der Waals surface area contributed by atoms with Gasteiger partial charge in [0.05, 0.1) is 6.61 Å². The molecule has 0 spiro atoms. The summed E-state index contributed by atoms with van der Waals surface area (Å²) >= 11 is 0. The first-order valence-corrected chi connectivity index (χ1v) is 7.46. The average molecular weight is 312 g/mol. The molecule has 0 saturated heterocycles. The Kier molecular flexibility index (Phi) is 5.74. The van der Waals surface area contributed by atoms with Gasteiger partial charge in [-0.1, -0.05) is 24.3 Å². The molecule has 0 fully saturated rings. The molecule has 0 heterocycles. The summed E-state index contributed by atoms with van der Waals surface area (Å²) in [5, 5.41) is 5.17. The number of carbonyl (C=O) groups excluding carboxylic acids is 2. The van der Waals surface area contributed by atoms with Crippen LogP contribution in [0.3, 0.4) is 0 Å². The second kappa shape index (κ2) is 7.98. The summed E-state index contributed by atoms with van der Waals surface area (Å²) in [4.78, 5) is 23.7. The highest BCUT2D eigenvalue weighted by Crippen LogP contribution is 2.12. The van der Waals surface area contributed by atoms with Gasteiger partial charge in [-0.15, -0.1) is 0 Å². The number of hydrogen-bond acceptors (Lipinski definition) is 3. The molecule has 0 atom stereocenters. The Labute approximate surface area is 135 Å². The fraction of sp³-hybridized carbons (Fsp3) is 0.222. The Bertz CT molecular complexity index is 681. The van der Waals surface area contributed by atoms with Crippen molar-refractivity contribution in [2.75, 3.05) is 11.9 Å². The maximum atomic E-state index is 11.8. The van der Waals surface area contributed by atoms with Crippen molar-refractivity contribution in [1.29, 1.82) is 0 Å². The van der Waals surface area contributed by atoms with Gasteiger partial charge in [0.1, 0.15) is 5.75 Å². The van der Waals surface area contributed by atoms with Gasteiger partial charge in [-0.2, -0.15) is 0 Å². The SMILES string of the molecule is CCOc1ccc(CNC(=O)C(=O)Nc2cccc(C)c2)cc1. The quantitative estimate of drug-likeness (QED) is 0.834. The number of aryl methyl sites for hydroxylation is 1. The lowest BCUT2D eigenvalue weighted by Gasteiger charge is -2.08. The second-order valence-electron chi connectivity index (χ2n) is 5.08. The molecule has 0 aliphatic rings. The fourth-order valence-electron chi connectivity index (χ4n) is 2.04. The van der Waals surface area contributed by atoms with E-state index in [4.69, 9.17) is 4.74 Å². The van der Waals surface area contributed by atoms with Gasteiger partial charge in [0.2, 0.25) is 0 Å². The molecule has 0 aromatic heterocycles. The Hall–Kier alpha value is -2.82. The molecule has 2 amide bonds. The predicted octanol–water partition coefficient (Wildman–Crippen LogP) is 2.65. The number of carbonyl (C=O) groups is 2. The molecule has 120 valence electrons. The molecule has 2 N–H and O–H groups in total. The lowest BCUT2D eigenvalue weighted by Crippen LogP contribution is -2.34. The van der Waals surface area contributed by atoms with E-state index in [9.17, 15) is 9.59 Å². The van der Waals surface area contributed by atoms with Gasteiger partial charge in [-0.05, 0) is 49.2 Å². The Balaban J connectivity index is 1.85. The molecular formula is C18H20N2O3. The molecule has 0 aliphatic carbocycles. The number of benzene rings is 2. The standard InChI is InChI=1S/C18H20N2O3/c1-3-23-16-9-7-14(8-10-16)12-19-17(21)18(22)20-15-6-4-5-13(2)11-15/h4-11H,3,12H2,1-2H3,(H,19,21)(H,20,22). The van der Waals surface area contributed by atoms with Crippen LogP contribution in [0.2, 0.25) is 0 Å². The lowest BCUT2D eigenvalue weighted by molar-refractivity contribution is -0.136. The van der Waals surface area contributed by atoms with Crippen molar-refractivity contribution in [3.63, 3.8) is 0 Å². The topological polar surface area (TPSA) is 67.4 Å². The molecule has 0 saturated carbocycles. The minimum Gasteiger partial charge on any atom is -0.494 e. The van der Waals surface area contributed by atoms with Gasteiger partial charge >= 0.3 is 11.8 Å². The number of anilines is 1. The van der Waals surface area contributed by atoms with Crippen molar-refractivity contribution in [2.24, 2.45) is 0 Å². The maximum absolute atomic E-state index is 11.8. The van der Waals surface area contributed by atoms with E-state index in [1.165, 1.54) is 0 Å². The second-order valence-corrected chi connectivity index (χ2v) is 5.08. The van der Waals surface area contributed by atoms with E-state index in [1.54, 1.807) is 12.1 Å². The first kappa shape index (κ1) is 16.5. The molecule has 5 nitrogen and oxygen atoms in total. The zero-order valence-corrected chi connectivity index (χ0v) is 13.3. The van der Waals surface area contributed by atoms with Gasteiger partial charge in [-0.3, -0.25) is 9.59 Å². The van der Waals surface area contributed by atoms with Crippen molar-refractivity contribution in [2.45, 2.75) is 20.4 Å². The van der Waals surface area contributed by atoms with Gasteiger partial charge < -0.3 is 15.4 Å². The number of nitrogens with one attached hydrogen (secondary N) is 2. The van der Waals surface area contributed by atoms with Gasteiger partial charge in [-0.25, -0.2) is 0 Å². The molecule has 2 rings (SSSR count). The van der Waals surface area contributed by atoms with Crippen LogP contribution in [0.4, 0.5) is 5.69 Å². The van der Waals surface area contributed by atoms with Crippen LogP contribution in [0.1, 0.15) is 18.1 Å². The summed E-state index contributed by atoms with van der Waals surface area (Å²) in [6.07, 6.45) is 0. The number of amides is 2. The molecule has 2 aromatic carbocycles. The van der Waals surface area contributed by atoms with Crippen LogP contribution in [0.15, 0.2) is 48.5 Å². The number of ether oxygens (including phenoxy) is 1. The highest BCUT2D eigenvalue weighted by atomic mass is 16.5. The van der Waals surface area contributed by atoms with E-state index in [0.29, 0.717) is 12.3 Å². The van der Waals surface area contributed by atoms with Crippen molar-refractivity contribution in [1.82, 2.24) is 5.32 Å². The van der Waals surface area contributed by atoms with Crippen molar-refractivity contribution < 1.29 is 14.3 Å². The Morgan fingerprint density at radius 2 is 1.78 bits per heavy atom. The summed E-state index contributed by atoms with van der Waals surface area (Å²) in [7, 11) is 0. The summed E-state index contributed by atoms with van der Waals surface area (Å²) in [6, 6.07) is 14.6. The van der Waals surface area contributed by atoms with Crippen LogP contribution in [0.5, 0.6) is 5.75 Å². The monoisotopic (exact) mass is 312 g/mol. The highest BCUT2D eigenvalue weighted by Gasteiger charge is 2.13. The summed E-state index contributed by atoms with van der Waals surface area (Å²) < 4.78 is 5.35. The number of hydrogen-bond donors (Lipinski definition) is 2. The third kappa shape index (κ3) is 5.14. The summed E-state index contributed by atoms with van der Waals surface area (Å²) in [5.41, 5.74) is 2.51. The zero-order chi connectivity index (χ0) is 16.7. The normalized spacial score (nSPS) is 10.0. The van der Waals surface area contributed by atoms with Crippen LogP contribution in [0, 0.1) is 6.92 Å². The molecule has 2 aromatic rings. The third-order valence-corrected chi connectivity index (χ3v) is 3.17. The van der Waals surface area contributed by atoms with E-state index >= 15 is 0 Å². The van der Waals surface area contributed by atoms with Crippen molar-refractivity contribution in [3.05, 3.63) is 59.7 Å². The molecule has 23 heavy (non-hydrogen) atoms. The van der Waals surface area contributed by atoms with E-state index < -0.39 is 11.8 Å². The van der Waals surface area contributed by atoms with Crippen LogP contribution in [0.25, 0.3) is 0 Å². The lowest BCUT2D eigenvalue weighted by atomic mass is 10.2. The molecule has 0 aliphatic heterocycles. The molecule has 5 heteroatoms. The fourth-order valence-corrected chi connectivity index (χ4v) is 2.04. The van der Waals surface area contributed by atoms with Gasteiger partial charge in [0.25, 0.3) is 0 Å². The van der Waals surface area contributed by atoms with E-state index in [2.05, 4.69) is 10.6 Å². The molecule has 0 unspecified atom stereocenters. The molecular weight excluding hydrogens is 292 g/mol. The summed E-state index contributed by atoms with van der Waals surface area (Å²) in [6.45, 7) is 4.73. The zero-order valence-electron chi connectivity index (χ0n) is 13.3. The molecule has 0 bridgehead atoms. The molecule has 0 radical (unpaired) electrons. The first-order valence-electron chi connectivity index (χ1n) is 7.46. The van der Waals surface area contributed by atoms with E-state index in [0.717, 1.165) is 16.9 Å². The van der Waals surface area contributed by atoms with E-state index in [1.807, 2.05) is 50.2 Å². The van der Waals surface area contributed by atoms with Crippen LogP contribution < -0.4 is 15.4 Å². The van der Waals surface area contributed by atoms with E-state index in [-0.39, 0.29) is 6.54 Å². The minimum atomic E-state index is -0.679. The average Bonchev–Trinajstić information content (AvgIpc) is 2.54. The largest absolute Gasteiger partial charge is 0.494 e. The first-order chi connectivity index (χ1) is 11.1. The van der Waals surface area contributed by atoms with Crippen LogP contribution in [-0.2, 0) is 16.1 Å². The highest BCUT2D eigenvalue weighted by molar-refractivity contribution is 6.39. The smallest absolute Gasteiger partial charge is 0.313 e. The van der Waals surface area contributed by atoms with Crippen LogP contribution in [-0.4, -0.2) is 18.4 Å². The third-order valence-electron chi connectivity index (χ3n) is 3.17. The Morgan fingerprint density at radius 3 is 2.43 bits per heavy atom. The van der Waals surface area contributed by atoms with Crippen molar-refractivity contribution in [3.8, 4) is 5.75 Å². The van der Waals surface area contributed by atoms with Crippen LogP contribution >= 0.6 is 0 Å². The minimum absolute atomic E-state index is 0.284. The van der Waals surface area contributed by atoms with Crippen molar-refractivity contribution >= 4 is 17.5 Å². The maximum Gasteiger partial charge on any atom is 0.313 e.